The largest absolute Gasteiger partial charge is 0.467 e. The Labute approximate surface area is 276 Å². The lowest BCUT2D eigenvalue weighted by atomic mass is 9.89. The molecule has 2 aliphatic heterocycles. The van der Waals surface area contributed by atoms with Crippen molar-refractivity contribution in [1.82, 2.24) is 16.0 Å². The minimum atomic E-state index is -1.08. The van der Waals surface area contributed by atoms with E-state index in [9.17, 15) is 23.6 Å². The molecule has 3 amide bonds. The topological polar surface area (TPSA) is 151 Å². The third kappa shape index (κ3) is 12.3. The van der Waals surface area contributed by atoms with Crippen LogP contribution in [-0.4, -0.2) is 81.0 Å². The summed E-state index contributed by atoms with van der Waals surface area (Å²) in [5.74, 6) is -1.80. The average molecular weight is 664 g/mol. The van der Waals surface area contributed by atoms with Crippen molar-refractivity contribution in [3.05, 3.63) is 35.6 Å². The molecule has 5 atom stereocenters. The first-order valence-corrected chi connectivity index (χ1v) is 17.0. The van der Waals surface area contributed by atoms with E-state index in [0.717, 1.165) is 24.8 Å². The van der Waals surface area contributed by atoms with Crippen LogP contribution in [0.4, 0.5) is 14.0 Å². The van der Waals surface area contributed by atoms with Crippen molar-refractivity contribution in [2.75, 3.05) is 26.8 Å². The molecule has 3 aliphatic rings. The predicted molar refractivity (Wildman–Crippen MR) is 169 cm³/mol. The van der Waals surface area contributed by atoms with E-state index in [1.807, 2.05) is 0 Å². The highest BCUT2D eigenvalue weighted by Crippen LogP contribution is 2.41. The molecule has 0 radical (unpaired) electrons. The van der Waals surface area contributed by atoms with E-state index in [1.165, 1.54) is 38.5 Å². The average Bonchev–Trinajstić information content (AvgIpc) is 3.06. The van der Waals surface area contributed by atoms with Gasteiger partial charge in [0.2, 0.25) is 5.91 Å². The molecule has 1 saturated carbocycles. The highest BCUT2D eigenvalue weighted by Gasteiger charge is 2.47. The highest BCUT2D eigenvalue weighted by atomic mass is 19.1. The normalized spacial score (nSPS) is 25.3. The Hall–Kier alpha value is -3.45. The number of benzene rings is 1. The third-order valence-corrected chi connectivity index (χ3v) is 9.07. The number of hydrogen-bond acceptors (Lipinski definition) is 9. The zero-order chi connectivity index (χ0) is 33.6. The van der Waals surface area contributed by atoms with Gasteiger partial charge in [0.1, 0.15) is 24.6 Å². The van der Waals surface area contributed by atoms with Crippen molar-refractivity contribution in [1.29, 1.82) is 0 Å². The van der Waals surface area contributed by atoms with Gasteiger partial charge in [-0.2, -0.15) is 0 Å². The Kier molecular flexibility index (Phi) is 14.1. The molecule has 0 unspecified atom stereocenters. The fourth-order valence-corrected chi connectivity index (χ4v) is 6.60. The molecule has 0 bridgehead atoms. The first kappa shape index (κ1) is 36.4. The number of carbonyl (C=O) groups is 4. The zero-order valence-electron chi connectivity index (χ0n) is 27.6. The molecule has 0 aromatic heterocycles. The van der Waals surface area contributed by atoms with Crippen LogP contribution in [0.1, 0.15) is 89.5 Å². The van der Waals surface area contributed by atoms with Gasteiger partial charge in [-0.1, -0.05) is 31.4 Å². The maximum Gasteiger partial charge on any atom is 0.407 e. The van der Waals surface area contributed by atoms with Crippen LogP contribution in [0.25, 0.3) is 0 Å². The summed E-state index contributed by atoms with van der Waals surface area (Å²) >= 11 is 0. The number of nitrogens with one attached hydrogen (secondary N) is 3. The number of carbonyl (C=O) groups excluding carboxylic acids is 4. The number of rotatable bonds is 13. The number of ether oxygens (including phenoxy) is 5. The molecular formula is C34H50FN3O9. The van der Waals surface area contributed by atoms with Crippen LogP contribution >= 0.6 is 0 Å². The van der Waals surface area contributed by atoms with Crippen molar-refractivity contribution in [2.24, 2.45) is 5.92 Å². The Morgan fingerprint density at radius 1 is 0.979 bits per heavy atom. The van der Waals surface area contributed by atoms with Crippen LogP contribution in [0, 0.1) is 11.7 Å². The third-order valence-electron chi connectivity index (χ3n) is 9.07. The van der Waals surface area contributed by atoms with Gasteiger partial charge in [-0.25, -0.2) is 18.8 Å². The second-order valence-corrected chi connectivity index (χ2v) is 12.9. The summed E-state index contributed by atoms with van der Waals surface area (Å²) in [5, 5.41) is 8.26. The number of esters is 1. The molecule has 13 heteroatoms. The molecule has 1 aromatic rings. The van der Waals surface area contributed by atoms with Crippen molar-refractivity contribution < 1.29 is 47.3 Å². The van der Waals surface area contributed by atoms with E-state index in [2.05, 4.69) is 20.7 Å². The fourth-order valence-electron chi connectivity index (χ4n) is 6.60. The van der Waals surface area contributed by atoms with Crippen molar-refractivity contribution in [3.63, 3.8) is 0 Å². The zero-order valence-corrected chi connectivity index (χ0v) is 27.6. The first-order valence-electron chi connectivity index (χ1n) is 17.0. The lowest BCUT2D eigenvalue weighted by Gasteiger charge is -2.47. The molecule has 262 valence electrons. The van der Waals surface area contributed by atoms with E-state index in [4.69, 9.17) is 18.9 Å². The molecule has 12 nitrogen and oxygen atoms in total. The molecule has 4 rings (SSSR count). The summed E-state index contributed by atoms with van der Waals surface area (Å²) in [4.78, 5) is 49.5. The van der Waals surface area contributed by atoms with Crippen molar-refractivity contribution in [2.45, 2.75) is 121 Å². The van der Waals surface area contributed by atoms with Gasteiger partial charge in [-0.05, 0) is 69.1 Å². The molecule has 2 saturated heterocycles. The fraction of sp³-hybridized carbons (Fsp3) is 0.706. The number of hydrogen-bond donors (Lipinski definition) is 3. The Morgan fingerprint density at radius 3 is 2.47 bits per heavy atom. The molecule has 1 aliphatic carbocycles. The monoisotopic (exact) mass is 663 g/mol. The molecule has 1 aromatic carbocycles. The van der Waals surface area contributed by atoms with Crippen molar-refractivity contribution in [3.8, 4) is 0 Å². The maximum absolute atomic E-state index is 13.2. The van der Waals surface area contributed by atoms with Gasteiger partial charge < -0.3 is 39.6 Å². The summed E-state index contributed by atoms with van der Waals surface area (Å²) in [5.41, 5.74) is 0.878. The Morgan fingerprint density at radius 2 is 1.72 bits per heavy atom. The van der Waals surface area contributed by atoms with Crippen molar-refractivity contribution >= 4 is 24.1 Å². The van der Waals surface area contributed by atoms with Crippen LogP contribution in [0.15, 0.2) is 24.3 Å². The molecule has 47 heavy (non-hydrogen) atoms. The first-order chi connectivity index (χ1) is 22.6. The Balaban J connectivity index is 1.31. The number of alkyl carbamates (subject to hydrolysis) is 2. The van der Waals surface area contributed by atoms with E-state index in [-0.39, 0.29) is 31.2 Å². The SMILES string of the molecule is COC(=O)[C@H](C)NC(=O)CC[C@@H]1C[C@@H](OC(=O)NCCc2ccc(F)cc2)C[C@@]2(CCC[C@H](COC(=O)NCC3CCCCC3)O2)O1. The van der Waals surface area contributed by atoms with E-state index in [0.29, 0.717) is 51.1 Å². The van der Waals surface area contributed by atoms with Gasteiger partial charge >= 0.3 is 18.2 Å². The molecule has 3 N–H and O–H groups in total. The standard InChI is InChI=1S/C34H50FN3O9/c1-23(31(40)43-2)38-30(39)15-14-27-19-29(45-33(42)36-18-16-24-10-12-26(35)13-11-24)20-34(46-27)17-6-9-28(47-34)22-44-32(41)37-21-25-7-4-3-5-8-25/h10-13,23,25,27-29H,3-9,14-22H2,1-2H3,(H,36,42)(H,37,41)(H,38,39)/t23-,27+,28+,29+,34-/m0/s1. The summed E-state index contributed by atoms with van der Waals surface area (Å²) < 4.78 is 42.1. The van der Waals surface area contributed by atoms with Crippen LogP contribution < -0.4 is 16.0 Å². The lowest BCUT2D eigenvalue weighted by molar-refractivity contribution is -0.329. The second-order valence-electron chi connectivity index (χ2n) is 12.9. The van der Waals surface area contributed by atoms with Crippen LogP contribution in [0.5, 0.6) is 0 Å². The van der Waals surface area contributed by atoms with Crippen LogP contribution in [0.3, 0.4) is 0 Å². The molecule has 2 heterocycles. The number of methoxy groups -OCH3 is 1. The second kappa shape index (κ2) is 18.2. The lowest BCUT2D eigenvalue weighted by Crippen LogP contribution is -2.54. The minimum Gasteiger partial charge on any atom is -0.467 e. The Bertz CT molecular complexity index is 1180. The van der Waals surface area contributed by atoms with Gasteiger partial charge in [0, 0.05) is 38.8 Å². The minimum absolute atomic E-state index is 0.0650. The molecule has 1 spiro atoms. The van der Waals surface area contributed by atoms with Gasteiger partial charge in [-0.15, -0.1) is 0 Å². The molecular weight excluding hydrogens is 613 g/mol. The van der Waals surface area contributed by atoms with Crippen LogP contribution in [0.2, 0.25) is 0 Å². The number of amides is 3. The quantitative estimate of drug-likeness (QED) is 0.202. The summed E-state index contributed by atoms with van der Waals surface area (Å²) in [6, 6.07) is 5.29. The van der Waals surface area contributed by atoms with Gasteiger partial charge in [0.15, 0.2) is 5.79 Å². The van der Waals surface area contributed by atoms with Gasteiger partial charge in [0.05, 0.1) is 19.3 Å². The van der Waals surface area contributed by atoms with E-state index < -0.39 is 48.3 Å². The van der Waals surface area contributed by atoms with E-state index in [1.54, 1.807) is 19.1 Å². The maximum atomic E-state index is 13.2. The molecule has 3 fully saturated rings. The smallest absolute Gasteiger partial charge is 0.407 e. The highest BCUT2D eigenvalue weighted by molar-refractivity contribution is 5.84. The van der Waals surface area contributed by atoms with E-state index >= 15 is 0 Å². The summed E-state index contributed by atoms with van der Waals surface area (Å²) in [6.45, 7) is 2.52. The summed E-state index contributed by atoms with van der Waals surface area (Å²) in [6.07, 6.45) is 6.87. The van der Waals surface area contributed by atoms with Gasteiger partial charge in [0.25, 0.3) is 0 Å². The number of halogens is 1. The summed E-state index contributed by atoms with van der Waals surface area (Å²) in [7, 11) is 1.26. The van der Waals surface area contributed by atoms with Gasteiger partial charge in [-0.3, -0.25) is 4.79 Å². The predicted octanol–water partition coefficient (Wildman–Crippen LogP) is 4.67. The van der Waals surface area contributed by atoms with Crippen LogP contribution in [-0.2, 0) is 39.7 Å².